The highest BCUT2D eigenvalue weighted by atomic mass is 16.5. The van der Waals surface area contributed by atoms with Crippen molar-refractivity contribution in [1.82, 2.24) is 9.78 Å². The van der Waals surface area contributed by atoms with E-state index in [1.165, 1.54) is 11.6 Å². The Morgan fingerprint density at radius 1 is 1.19 bits per heavy atom. The van der Waals surface area contributed by atoms with Gasteiger partial charge >= 0.3 is 5.97 Å². The molecule has 0 bridgehead atoms. The summed E-state index contributed by atoms with van der Waals surface area (Å²) in [5, 5.41) is 4.27. The predicted molar refractivity (Wildman–Crippen MR) is 79.0 cm³/mol. The number of esters is 1. The second-order valence-corrected chi connectivity index (χ2v) is 4.85. The molecule has 0 aliphatic rings. The van der Waals surface area contributed by atoms with E-state index >= 15 is 0 Å². The van der Waals surface area contributed by atoms with Gasteiger partial charge in [-0.2, -0.15) is 5.10 Å². The van der Waals surface area contributed by atoms with Crippen molar-refractivity contribution in [1.29, 1.82) is 0 Å². The molecular weight excluding hydrogens is 268 g/mol. The van der Waals surface area contributed by atoms with Crippen molar-refractivity contribution in [2.45, 2.75) is 27.7 Å². The molecule has 5 heteroatoms. The molecule has 5 nitrogen and oxygen atoms in total. The van der Waals surface area contributed by atoms with E-state index in [0.717, 1.165) is 11.3 Å². The average Bonchev–Trinajstić information content (AvgIpc) is 2.77. The van der Waals surface area contributed by atoms with Crippen LogP contribution < -0.4 is 0 Å². The van der Waals surface area contributed by atoms with E-state index in [-0.39, 0.29) is 18.1 Å². The fourth-order valence-electron chi connectivity index (χ4n) is 2.18. The van der Waals surface area contributed by atoms with Crippen LogP contribution in [0.15, 0.2) is 24.3 Å². The summed E-state index contributed by atoms with van der Waals surface area (Å²) < 4.78 is 6.49. The molecule has 0 radical (unpaired) electrons. The summed E-state index contributed by atoms with van der Waals surface area (Å²) >= 11 is 0. The lowest BCUT2D eigenvalue weighted by Gasteiger charge is -2.05. The number of carbonyl (C=O) groups excluding carboxylic acids is 2. The fraction of sp³-hybridized carbons (Fsp3) is 0.312. The van der Waals surface area contributed by atoms with Crippen molar-refractivity contribution in [2.75, 3.05) is 6.61 Å². The van der Waals surface area contributed by atoms with Crippen LogP contribution in [0.1, 0.15) is 46.0 Å². The standard InChI is InChI=1S/C16H18N2O3/c1-5-21-16(20)14-11(3)15(12(4)19)18(17-14)13-8-6-10(2)7-9-13/h6-9H,5H2,1-4H3. The number of aromatic nitrogens is 2. The summed E-state index contributed by atoms with van der Waals surface area (Å²) in [7, 11) is 0. The summed E-state index contributed by atoms with van der Waals surface area (Å²) in [6.07, 6.45) is 0. The molecule has 0 saturated heterocycles. The summed E-state index contributed by atoms with van der Waals surface area (Å²) in [5.41, 5.74) is 2.98. The summed E-state index contributed by atoms with van der Waals surface area (Å²) in [6.45, 7) is 7.15. The van der Waals surface area contributed by atoms with Crippen molar-refractivity contribution in [3.8, 4) is 5.69 Å². The van der Waals surface area contributed by atoms with Crippen LogP contribution in [0.2, 0.25) is 0 Å². The second-order valence-electron chi connectivity index (χ2n) is 4.85. The Hall–Kier alpha value is -2.43. The SMILES string of the molecule is CCOC(=O)c1nn(-c2ccc(C)cc2)c(C(C)=O)c1C. The third-order valence-electron chi connectivity index (χ3n) is 3.20. The third-order valence-corrected chi connectivity index (χ3v) is 3.20. The van der Waals surface area contributed by atoms with Crippen LogP contribution in [0.25, 0.3) is 5.69 Å². The van der Waals surface area contributed by atoms with Gasteiger partial charge in [0.25, 0.3) is 0 Å². The molecule has 1 heterocycles. The maximum Gasteiger partial charge on any atom is 0.359 e. The number of ketones is 1. The Bertz CT molecular complexity index is 684. The van der Waals surface area contributed by atoms with Gasteiger partial charge in [0.2, 0.25) is 0 Å². The Morgan fingerprint density at radius 2 is 1.81 bits per heavy atom. The van der Waals surface area contributed by atoms with Gasteiger partial charge in [-0.05, 0) is 32.9 Å². The van der Waals surface area contributed by atoms with Gasteiger partial charge in [0, 0.05) is 12.5 Å². The molecule has 0 aliphatic heterocycles. The molecule has 2 aromatic rings. The van der Waals surface area contributed by atoms with Gasteiger partial charge in [0.1, 0.15) is 5.69 Å². The number of nitrogens with zero attached hydrogens (tertiary/aromatic N) is 2. The number of rotatable bonds is 4. The van der Waals surface area contributed by atoms with E-state index in [9.17, 15) is 9.59 Å². The highest BCUT2D eigenvalue weighted by Crippen LogP contribution is 2.20. The molecule has 0 fully saturated rings. The normalized spacial score (nSPS) is 10.5. The second kappa shape index (κ2) is 5.91. The number of aryl methyl sites for hydroxylation is 1. The van der Waals surface area contributed by atoms with Crippen molar-refractivity contribution in [3.05, 3.63) is 46.8 Å². The van der Waals surface area contributed by atoms with Crippen LogP contribution in [0, 0.1) is 13.8 Å². The van der Waals surface area contributed by atoms with Crippen molar-refractivity contribution >= 4 is 11.8 Å². The largest absolute Gasteiger partial charge is 0.461 e. The number of hydrogen-bond donors (Lipinski definition) is 0. The predicted octanol–water partition coefficient (Wildman–Crippen LogP) is 2.87. The van der Waals surface area contributed by atoms with Crippen LogP contribution in [0.5, 0.6) is 0 Å². The van der Waals surface area contributed by atoms with Gasteiger partial charge in [-0.1, -0.05) is 17.7 Å². The van der Waals surface area contributed by atoms with Gasteiger partial charge in [-0.3, -0.25) is 4.79 Å². The molecule has 1 aromatic carbocycles. The lowest BCUT2D eigenvalue weighted by Crippen LogP contribution is -2.08. The molecule has 110 valence electrons. The Labute approximate surface area is 123 Å². The molecule has 1 aromatic heterocycles. The van der Waals surface area contributed by atoms with Gasteiger partial charge in [-0.25, -0.2) is 9.48 Å². The number of ether oxygens (including phenoxy) is 1. The molecule has 0 amide bonds. The quantitative estimate of drug-likeness (QED) is 0.640. The zero-order valence-electron chi connectivity index (χ0n) is 12.6. The van der Waals surface area contributed by atoms with Crippen LogP contribution in [0.3, 0.4) is 0 Å². The first-order chi connectivity index (χ1) is 9.95. The van der Waals surface area contributed by atoms with Gasteiger partial charge in [0.15, 0.2) is 11.5 Å². The molecular formula is C16H18N2O3. The van der Waals surface area contributed by atoms with E-state index in [4.69, 9.17) is 4.74 Å². The summed E-state index contributed by atoms with van der Waals surface area (Å²) in [4.78, 5) is 23.8. The lowest BCUT2D eigenvalue weighted by molar-refractivity contribution is 0.0518. The first-order valence-corrected chi connectivity index (χ1v) is 6.80. The van der Waals surface area contributed by atoms with Crippen LogP contribution in [-0.4, -0.2) is 28.1 Å². The monoisotopic (exact) mass is 286 g/mol. The minimum atomic E-state index is -0.511. The van der Waals surface area contributed by atoms with E-state index in [0.29, 0.717) is 11.3 Å². The Morgan fingerprint density at radius 3 is 2.33 bits per heavy atom. The molecule has 2 rings (SSSR count). The maximum absolute atomic E-state index is 11.9. The van der Waals surface area contributed by atoms with E-state index in [1.54, 1.807) is 13.8 Å². The molecule has 0 unspecified atom stereocenters. The van der Waals surface area contributed by atoms with Gasteiger partial charge in [-0.15, -0.1) is 0 Å². The fourth-order valence-corrected chi connectivity index (χ4v) is 2.18. The lowest BCUT2D eigenvalue weighted by atomic mass is 10.1. The van der Waals surface area contributed by atoms with Crippen LogP contribution >= 0.6 is 0 Å². The minimum Gasteiger partial charge on any atom is -0.461 e. The third kappa shape index (κ3) is 2.86. The number of Topliss-reactive ketones (excluding diaryl/α,β-unsaturated/α-hetero) is 1. The van der Waals surface area contributed by atoms with E-state index in [2.05, 4.69) is 5.10 Å². The molecule has 0 spiro atoms. The molecule has 0 saturated carbocycles. The Balaban J connectivity index is 2.59. The first kappa shape index (κ1) is 15.0. The smallest absolute Gasteiger partial charge is 0.359 e. The number of carbonyl (C=O) groups is 2. The minimum absolute atomic E-state index is 0.142. The number of benzene rings is 1. The zero-order chi connectivity index (χ0) is 15.6. The molecule has 0 atom stereocenters. The zero-order valence-corrected chi connectivity index (χ0v) is 12.6. The van der Waals surface area contributed by atoms with Crippen molar-refractivity contribution in [2.24, 2.45) is 0 Å². The molecule has 0 aliphatic carbocycles. The van der Waals surface area contributed by atoms with E-state index in [1.807, 2.05) is 31.2 Å². The molecule has 21 heavy (non-hydrogen) atoms. The van der Waals surface area contributed by atoms with E-state index < -0.39 is 5.97 Å². The summed E-state index contributed by atoms with van der Waals surface area (Å²) in [5.74, 6) is -0.653. The van der Waals surface area contributed by atoms with Crippen LogP contribution in [0.4, 0.5) is 0 Å². The summed E-state index contributed by atoms with van der Waals surface area (Å²) in [6, 6.07) is 7.59. The number of hydrogen-bond acceptors (Lipinski definition) is 4. The highest BCUT2D eigenvalue weighted by Gasteiger charge is 2.24. The Kier molecular flexibility index (Phi) is 4.21. The van der Waals surface area contributed by atoms with Crippen molar-refractivity contribution in [3.63, 3.8) is 0 Å². The van der Waals surface area contributed by atoms with Crippen molar-refractivity contribution < 1.29 is 14.3 Å². The topological polar surface area (TPSA) is 61.2 Å². The maximum atomic E-state index is 11.9. The first-order valence-electron chi connectivity index (χ1n) is 6.80. The van der Waals surface area contributed by atoms with Gasteiger partial charge < -0.3 is 4.74 Å². The van der Waals surface area contributed by atoms with Gasteiger partial charge in [0.05, 0.1) is 12.3 Å². The van der Waals surface area contributed by atoms with Crippen LogP contribution in [-0.2, 0) is 4.74 Å². The molecule has 0 N–H and O–H groups in total. The highest BCUT2D eigenvalue weighted by molar-refractivity contribution is 5.98. The average molecular weight is 286 g/mol.